The Kier molecular flexibility index (Phi) is 7.85. The number of anilines is 3. The molecule has 0 aliphatic rings. The number of nitrogen functional groups attached to an aromatic ring is 1. The van der Waals surface area contributed by atoms with Crippen LogP contribution in [0.4, 0.5) is 16.6 Å². The number of benzene rings is 2. The van der Waals surface area contributed by atoms with E-state index in [-0.39, 0.29) is 32.1 Å². The van der Waals surface area contributed by atoms with Crippen molar-refractivity contribution in [2.45, 2.75) is 11.8 Å². The number of hydrogen-bond donors (Lipinski definition) is 2. The normalized spacial score (nSPS) is 12.0. The number of halogens is 2. The van der Waals surface area contributed by atoms with Crippen LogP contribution < -0.4 is 11.1 Å². The quantitative estimate of drug-likeness (QED) is 0.322. The first-order chi connectivity index (χ1) is 14.4. The van der Waals surface area contributed by atoms with Crippen molar-refractivity contribution in [3.63, 3.8) is 0 Å². The number of carbonyl (C=O) groups excluding carboxylic acids is 1. The van der Waals surface area contributed by atoms with Crippen LogP contribution >= 0.6 is 34.5 Å². The summed E-state index contributed by atoms with van der Waals surface area (Å²) in [6.45, 7) is 2.95. The number of carbonyl (C=O) groups is 1. The van der Waals surface area contributed by atoms with Gasteiger partial charge in [0.1, 0.15) is 10.7 Å². The number of hydrogen-bond acceptors (Lipinski definition) is 7. The standard InChI is InChI=1S/C20H19Cl2N3O3S2/c1-2-28-10-11-30(27)13-8-6-12(7-9-13)24-20-25-19(23)18(29-20)17(26)16-14(21)4-3-5-15(16)22/h3-9H,2,10-11,23H2,1H3,(H,24,25). The molecule has 3 aromatic rings. The highest BCUT2D eigenvalue weighted by Crippen LogP contribution is 2.34. The van der Waals surface area contributed by atoms with Crippen LogP contribution in [-0.2, 0) is 15.5 Å². The minimum Gasteiger partial charge on any atom is -0.382 e. The van der Waals surface area contributed by atoms with E-state index in [9.17, 15) is 9.00 Å². The molecule has 0 spiro atoms. The first kappa shape index (κ1) is 22.7. The van der Waals surface area contributed by atoms with Crippen molar-refractivity contribution in [2.75, 3.05) is 30.0 Å². The van der Waals surface area contributed by atoms with Gasteiger partial charge in [0.05, 0.1) is 38.8 Å². The highest BCUT2D eigenvalue weighted by molar-refractivity contribution is 7.85. The Labute approximate surface area is 190 Å². The van der Waals surface area contributed by atoms with Gasteiger partial charge in [0.2, 0.25) is 5.78 Å². The smallest absolute Gasteiger partial charge is 0.209 e. The van der Waals surface area contributed by atoms with Crippen molar-refractivity contribution in [1.82, 2.24) is 4.98 Å². The molecule has 3 N–H and O–H groups in total. The maximum absolute atomic E-state index is 12.9. The van der Waals surface area contributed by atoms with Gasteiger partial charge < -0.3 is 15.8 Å². The second-order valence-corrected chi connectivity index (χ2v) is 9.44. The van der Waals surface area contributed by atoms with Gasteiger partial charge in [0, 0.05) is 17.2 Å². The Hall–Kier alpha value is -1.97. The van der Waals surface area contributed by atoms with Crippen LogP contribution in [0.2, 0.25) is 10.0 Å². The molecule has 0 aliphatic carbocycles. The summed E-state index contributed by atoms with van der Waals surface area (Å²) in [5.74, 6) is 0.158. The van der Waals surface area contributed by atoms with E-state index in [0.717, 1.165) is 17.0 Å². The monoisotopic (exact) mass is 483 g/mol. The molecule has 0 amide bonds. The van der Waals surface area contributed by atoms with Gasteiger partial charge in [-0.05, 0) is 43.3 Å². The molecule has 1 aromatic heterocycles. The lowest BCUT2D eigenvalue weighted by atomic mass is 10.1. The Morgan fingerprint density at radius 1 is 1.20 bits per heavy atom. The third kappa shape index (κ3) is 5.39. The molecule has 6 nitrogen and oxygen atoms in total. The zero-order valence-electron chi connectivity index (χ0n) is 16.0. The Morgan fingerprint density at radius 2 is 1.87 bits per heavy atom. The fourth-order valence-corrected chi connectivity index (χ4v) is 4.95. The van der Waals surface area contributed by atoms with Crippen molar-refractivity contribution >= 4 is 67.8 Å². The molecule has 0 fully saturated rings. The third-order valence-corrected chi connectivity index (χ3v) is 6.99. The lowest BCUT2D eigenvalue weighted by molar-refractivity contribution is 0.104. The molecule has 2 aromatic carbocycles. The second-order valence-electron chi connectivity index (χ2n) is 6.06. The van der Waals surface area contributed by atoms with E-state index in [1.165, 1.54) is 0 Å². The Balaban J connectivity index is 1.73. The molecular formula is C20H19Cl2N3O3S2. The number of aromatic nitrogens is 1. The number of rotatable bonds is 9. The van der Waals surface area contributed by atoms with Crippen LogP contribution in [-0.4, -0.2) is 33.9 Å². The van der Waals surface area contributed by atoms with E-state index < -0.39 is 10.8 Å². The van der Waals surface area contributed by atoms with Gasteiger partial charge in [0.25, 0.3) is 0 Å². The van der Waals surface area contributed by atoms with Gasteiger partial charge >= 0.3 is 0 Å². The molecule has 30 heavy (non-hydrogen) atoms. The molecule has 1 heterocycles. The molecule has 0 bridgehead atoms. The van der Waals surface area contributed by atoms with E-state index in [2.05, 4.69) is 10.3 Å². The van der Waals surface area contributed by atoms with E-state index in [1.807, 2.05) is 6.92 Å². The number of thiazole rings is 1. The Morgan fingerprint density at radius 3 is 2.50 bits per heavy atom. The zero-order chi connectivity index (χ0) is 21.7. The van der Waals surface area contributed by atoms with Gasteiger partial charge in [-0.15, -0.1) is 0 Å². The molecule has 0 saturated carbocycles. The number of nitrogens with zero attached hydrogens (tertiary/aromatic N) is 1. The Bertz CT molecular complexity index is 1050. The van der Waals surface area contributed by atoms with Crippen molar-refractivity contribution in [3.05, 3.63) is 63.0 Å². The highest BCUT2D eigenvalue weighted by Gasteiger charge is 2.22. The summed E-state index contributed by atoms with van der Waals surface area (Å²) in [5.41, 5.74) is 6.88. The fraction of sp³-hybridized carbons (Fsp3) is 0.200. The number of ether oxygens (including phenoxy) is 1. The van der Waals surface area contributed by atoms with Gasteiger partial charge in [0.15, 0.2) is 5.13 Å². The summed E-state index contributed by atoms with van der Waals surface area (Å²) in [4.78, 5) is 18.0. The summed E-state index contributed by atoms with van der Waals surface area (Å²) in [6.07, 6.45) is 0. The molecule has 1 atom stereocenters. The average Bonchev–Trinajstić information content (AvgIpc) is 3.08. The molecule has 10 heteroatoms. The summed E-state index contributed by atoms with van der Waals surface area (Å²) in [5, 5.41) is 4.06. The predicted octanol–water partition coefficient (Wildman–Crippen LogP) is 5.15. The summed E-state index contributed by atoms with van der Waals surface area (Å²) in [7, 11) is -1.13. The van der Waals surface area contributed by atoms with Crippen LogP contribution in [0.3, 0.4) is 0 Å². The van der Waals surface area contributed by atoms with Crippen LogP contribution in [0.15, 0.2) is 47.4 Å². The van der Waals surface area contributed by atoms with Gasteiger partial charge in [-0.1, -0.05) is 40.6 Å². The van der Waals surface area contributed by atoms with Gasteiger partial charge in [-0.3, -0.25) is 9.00 Å². The second kappa shape index (κ2) is 10.4. The maximum atomic E-state index is 12.9. The SMILES string of the molecule is CCOCCS(=O)c1ccc(Nc2nc(N)c(C(=O)c3c(Cl)cccc3Cl)s2)cc1. The van der Waals surface area contributed by atoms with Crippen LogP contribution in [0, 0.1) is 0 Å². The van der Waals surface area contributed by atoms with E-state index in [0.29, 0.717) is 29.0 Å². The van der Waals surface area contributed by atoms with Gasteiger partial charge in [-0.25, -0.2) is 4.98 Å². The van der Waals surface area contributed by atoms with Crippen LogP contribution in [0.1, 0.15) is 22.2 Å². The van der Waals surface area contributed by atoms with Gasteiger partial charge in [-0.2, -0.15) is 0 Å². The van der Waals surface area contributed by atoms with Crippen molar-refractivity contribution < 1.29 is 13.7 Å². The van der Waals surface area contributed by atoms with Crippen molar-refractivity contribution in [2.24, 2.45) is 0 Å². The van der Waals surface area contributed by atoms with E-state index in [4.69, 9.17) is 33.7 Å². The van der Waals surface area contributed by atoms with Crippen LogP contribution in [0.5, 0.6) is 0 Å². The molecule has 158 valence electrons. The fourth-order valence-electron chi connectivity index (χ4n) is 2.59. The largest absolute Gasteiger partial charge is 0.382 e. The number of nitrogens with two attached hydrogens (primary N) is 1. The lowest BCUT2D eigenvalue weighted by Crippen LogP contribution is -2.06. The highest BCUT2D eigenvalue weighted by atomic mass is 35.5. The number of nitrogens with one attached hydrogen (secondary N) is 1. The van der Waals surface area contributed by atoms with E-state index >= 15 is 0 Å². The minimum atomic E-state index is -1.13. The average molecular weight is 484 g/mol. The molecule has 0 aliphatic heterocycles. The summed E-state index contributed by atoms with van der Waals surface area (Å²) in [6, 6.07) is 12.0. The van der Waals surface area contributed by atoms with Crippen molar-refractivity contribution in [3.8, 4) is 0 Å². The zero-order valence-corrected chi connectivity index (χ0v) is 19.1. The third-order valence-electron chi connectivity index (χ3n) is 4.04. The summed E-state index contributed by atoms with van der Waals surface area (Å²) < 4.78 is 17.5. The molecular weight excluding hydrogens is 465 g/mol. The first-order valence-electron chi connectivity index (χ1n) is 8.99. The minimum absolute atomic E-state index is 0.0946. The lowest BCUT2D eigenvalue weighted by Gasteiger charge is -2.05. The van der Waals surface area contributed by atoms with Crippen LogP contribution in [0.25, 0.3) is 0 Å². The predicted molar refractivity (Wildman–Crippen MR) is 124 cm³/mol. The molecule has 3 rings (SSSR count). The number of ketones is 1. The van der Waals surface area contributed by atoms with Crippen molar-refractivity contribution in [1.29, 1.82) is 0 Å². The van der Waals surface area contributed by atoms with E-state index in [1.54, 1.807) is 42.5 Å². The molecule has 0 radical (unpaired) electrons. The molecule has 1 unspecified atom stereocenters. The molecule has 0 saturated heterocycles. The first-order valence-corrected chi connectivity index (χ1v) is 11.9. The maximum Gasteiger partial charge on any atom is 0.209 e. The topological polar surface area (TPSA) is 94.3 Å². The summed E-state index contributed by atoms with van der Waals surface area (Å²) >= 11 is 13.4.